The molecule has 1 saturated heterocycles. The van der Waals surface area contributed by atoms with Crippen molar-refractivity contribution in [3.05, 3.63) is 63.3 Å². The summed E-state index contributed by atoms with van der Waals surface area (Å²) in [5, 5.41) is 14.9. The second-order valence-electron chi connectivity index (χ2n) is 4.69. The third kappa shape index (κ3) is 4.38. The van der Waals surface area contributed by atoms with Gasteiger partial charge in [0.15, 0.2) is 5.82 Å². The highest BCUT2D eigenvalue weighted by Gasteiger charge is 2.27. The van der Waals surface area contributed by atoms with Crippen LogP contribution in [0.2, 0.25) is 5.15 Å². The first-order valence-electron chi connectivity index (χ1n) is 6.77. The lowest BCUT2D eigenvalue weighted by atomic mass is 10.2. The molecular formula is C14H17ClN4O2S. The standard InChI is InChI=1S/C14H17ClN4O2S/c1-2-7-22-10-12(19(20)21)14-16-5-6-18(14)9-11-3-4-13(15)17-8-11/h2-4,8,16H,1,5-7,9-10H2/b14-12-. The van der Waals surface area contributed by atoms with Crippen LogP contribution in [0.25, 0.3) is 0 Å². The van der Waals surface area contributed by atoms with Crippen LogP contribution in [-0.4, -0.2) is 39.4 Å². The number of nitrogens with one attached hydrogen (secondary N) is 1. The summed E-state index contributed by atoms with van der Waals surface area (Å²) in [5.41, 5.74) is 1.17. The van der Waals surface area contributed by atoms with Gasteiger partial charge in [-0.1, -0.05) is 23.7 Å². The highest BCUT2D eigenvalue weighted by atomic mass is 35.5. The molecule has 0 amide bonds. The van der Waals surface area contributed by atoms with E-state index in [1.54, 1.807) is 18.3 Å². The zero-order valence-corrected chi connectivity index (χ0v) is 13.6. The molecule has 1 fully saturated rings. The van der Waals surface area contributed by atoms with E-state index in [0.717, 1.165) is 12.1 Å². The van der Waals surface area contributed by atoms with Crippen LogP contribution in [0, 0.1) is 10.1 Å². The predicted octanol–water partition coefficient (Wildman–Crippen LogP) is 2.51. The van der Waals surface area contributed by atoms with Crippen molar-refractivity contribution < 1.29 is 4.92 Å². The Morgan fingerprint density at radius 1 is 1.64 bits per heavy atom. The average molecular weight is 341 g/mol. The number of pyridine rings is 1. The Bertz CT molecular complexity index is 577. The minimum atomic E-state index is -0.309. The van der Waals surface area contributed by atoms with Crippen LogP contribution in [0.15, 0.2) is 42.5 Å². The molecule has 0 bridgehead atoms. The number of halogens is 1. The van der Waals surface area contributed by atoms with Gasteiger partial charge < -0.3 is 10.2 Å². The normalized spacial score (nSPS) is 16.3. The molecule has 0 aliphatic carbocycles. The molecule has 0 saturated carbocycles. The van der Waals surface area contributed by atoms with Crippen LogP contribution in [0.4, 0.5) is 0 Å². The molecule has 0 spiro atoms. The zero-order valence-electron chi connectivity index (χ0n) is 12.0. The number of nitro groups is 1. The van der Waals surface area contributed by atoms with E-state index in [2.05, 4.69) is 16.9 Å². The minimum Gasteiger partial charge on any atom is -0.365 e. The molecule has 8 heteroatoms. The molecule has 0 aromatic carbocycles. The van der Waals surface area contributed by atoms with Gasteiger partial charge in [-0.3, -0.25) is 10.1 Å². The summed E-state index contributed by atoms with van der Waals surface area (Å²) in [6.45, 7) is 5.61. The monoisotopic (exact) mass is 340 g/mol. The maximum atomic E-state index is 11.3. The molecule has 118 valence electrons. The Morgan fingerprint density at radius 2 is 2.45 bits per heavy atom. The molecule has 22 heavy (non-hydrogen) atoms. The van der Waals surface area contributed by atoms with Crippen molar-refractivity contribution in [2.75, 3.05) is 24.6 Å². The van der Waals surface area contributed by atoms with Crippen LogP contribution in [-0.2, 0) is 6.54 Å². The minimum absolute atomic E-state index is 0.200. The first kappa shape index (κ1) is 16.6. The van der Waals surface area contributed by atoms with Crippen molar-refractivity contribution in [1.29, 1.82) is 0 Å². The van der Waals surface area contributed by atoms with Crippen molar-refractivity contribution in [1.82, 2.24) is 15.2 Å². The topological polar surface area (TPSA) is 71.3 Å². The maximum Gasteiger partial charge on any atom is 0.295 e. The number of hydrogen-bond acceptors (Lipinski definition) is 6. The van der Waals surface area contributed by atoms with E-state index in [4.69, 9.17) is 11.6 Å². The van der Waals surface area contributed by atoms with Gasteiger partial charge in [0, 0.05) is 31.6 Å². The molecule has 1 aromatic heterocycles. The summed E-state index contributed by atoms with van der Waals surface area (Å²) in [6.07, 6.45) is 3.43. The van der Waals surface area contributed by atoms with Gasteiger partial charge in [0.05, 0.1) is 10.7 Å². The summed E-state index contributed by atoms with van der Waals surface area (Å²) >= 11 is 7.25. The van der Waals surface area contributed by atoms with Crippen LogP contribution < -0.4 is 5.32 Å². The van der Waals surface area contributed by atoms with E-state index >= 15 is 0 Å². The van der Waals surface area contributed by atoms with Crippen LogP contribution >= 0.6 is 23.4 Å². The molecule has 2 heterocycles. The van der Waals surface area contributed by atoms with Gasteiger partial charge >= 0.3 is 0 Å². The fraction of sp³-hybridized carbons (Fsp3) is 0.357. The third-order valence-electron chi connectivity index (χ3n) is 3.12. The van der Waals surface area contributed by atoms with E-state index in [1.165, 1.54) is 11.8 Å². The van der Waals surface area contributed by atoms with E-state index in [0.29, 0.717) is 35.6 Å². The number of hydrogen-bond donors (Lipinski definition) is 1. The summed E-state index contributed by atoms with van der Waals surface area (Å²) in [6, 6.07) is 3.60. The lowest BCUT2D eigenvalue weighted by molar-refractivity contribution is -0.425. The van der Waals surface area contributed by atoms with Crippen LogP contribution in [0.3, 0.4) is 0 Å². The van der Waals surface area contributed by atoms with Gasteiger partial charge in [0.1, 0.15) is 5.15 Å². The fourth-order valence-corrected chi connectivity index (χ4v) is 2.97. The molecule has 0 radical (unpaired) electrons. The Balaban J connectivity index is 2.15. The van der Waals surface area contributed by atoms with Gasteiger partial charge in [-0.25, -0.2) is 4.98 Å². The number of aromatic nitrogens is 1. The molecular weight excluding hydrogens is 324 g/mol. The second kappa shape index (κ2) is 8.05. The quantitative estimate of drug-likeness (QED) is 0.270. The smallest absolute Gasteiger partial charge is 0.295 e. The van der Waals surface area contributed by atoms with Gasteiger partial charge in [0.2, 0.25) is 0 Å². The highest BCUT2D eigenvalue weighted by Crippen LogP contribution is 2.20. The summed E-state index contributed by atoms with van der Waals surface area (Å²) in [4.78, 5) is 17.0. The zero-order chi connectivity index (χ0) is 15.9. The average Bonchev–Trinajstić information content (AvgIpc) is 2.93. The number of nitrogens with zero attached hydrogens (tertiary/aromatic N) is 3. The fourth-order valence-electron chi connectivity index (χ4n) is 2.14. The first-order chi connectivity index (χ1) is 10.6. The van der Waals surface area contributed by atoms with Crippen molar-refractivity contribution in [3.63, 3.8) is 0 Å². The first-order valence-corrected chi connectivity index (χ1v) is 8.30. The van der Waals surface area contributed by atoms with E-state index < -0.39 is 0 Å². The van der Waals surface area contributed by atoms with Gasteiger partial charge in [0.25, 0.3) is 5.70 Å². The van der Waals surface area contributed by atoms with E-state index in [9.17, 15) is 10.1 Å². The molecule has 1 aliphatic heterocycles. The van der Waals surface area contributed by atoms with E-state index in [1.807, 2.05) is 11.0 Å². The predicted molar refractivity (Wildman–Crippen MR) is 89.2 cm³/mol. The summed E-state index contributed by atoms with van der Waals surface area (Å²) < 4.78 is 0. The molecule has 2 rings (SSSR count). The SMILES string of the molecule is C=CCSC/C(=C1\NCCN1Cc1ccc(Cl)nc1)[N+](=O)[O-]. The van der Waals surface area contributed by atoms with Crippen LogP contribution in [0.1, 0.15) is 5.56 Å². The number of thioether (sulfide) groups is 1. The third-order valence-corrected chi connectivity index (χ3v) is 4.29. The molecule has 1 aliphatic rings. The van der Waals surface area contributed by atoms with E-state index in [-0.39, 0.29) is 10.6 Å². The molecule has 0 atom stereocenters. The van der Waals surface area contributed by atoms with Crippen molar-refractivity contribution in [2.24, 2.45) is 0 Å². The lowest BCUT2D eigenvalue weighted by Crippen LogP contribution is -2.24. The molecule has 1 aromatic rings. The molecule has 6 nitrogen and oxygen atoms in total. The molecule has 0 unspecified atom stereocenters. The highest BCUT2D eigenvalue weighted by molar-refractivity contribution is 7.99. The summed E-state index contributed by atoms with van der Waals surface area (Å²) in [7, 11) is 0. The van der Waals surface area contributed by atoms with Crippen molar-refractivity contribution >= 4 is 23.4 Å². The van der Waals surface area contributed by atoms with Crippen molar-refractivity contribution in [2.45, 2.75) is 6.54 Å². The summed E-state index contributed by atoms with van der Waals surface area (Å²) in [5.74, 6) is 1.62. The van der Waals surface area contributed by atoms with Crippen LogP contribution in [0.5, 0.6) is 0 Å². The Labute approximate surface area is 138 Å². The second-order valence-corrected chi connectivity index (χ2v) is 6.11. The Morgan fingerprint density at radius 3 is 3.09 bits per heavy atom. The van der Waals surface area contributed by atoms with Gasteiger partial charge in [-0.2, -0.15) is 0 Å². The Kier molecular flexibility index (Phi) is 6.09. The van der Waals surface area contributed by atoms with Crippen molar-refractivity contribution in [3.8, 4) is 0 Å². The van der Waals surface area contributed by atoms with Gasteiger partial charge in [-0.15, -0.1) is 18.3 Å². The number of rotatable bonds is 7. The molecule has 1 N–H and O–H groups in total. The largest absolute Gasteiger partial charge is 0.365 e. The van der Waals surface area contributed by atoms with Gasteiger partial charge in [-0.05, 0) is 11.6 Å². The lowest BCUT2D eigenvalue weighted by Gasteiger charge is -2.18. The Hall–Kier alpha value is -1.73. The maximum absolute atomic E-state index is 11.3.